The first-order valence-corrected chi connectivity index (χ1v) is 6.10. The number of hydrogen-bond donors (Lipinski definition) is 3. The van der Waals surface area contributed by atoms with Crippen LogP contribution in [0.2, 0.25) is 0 Å². The Bertz CT molecular complexity index is 443. The van der Waals surface area contributed by atoms with Crippen molar-refractivity contribution in [3.05, 3.63) is 22.9 Å². The van der Waals surface area contributed by atoms with E-state index in [-0.39, 0.29) is 6.04 Å². The van der Waals surface area contributed by atoms with Gasteiger partial charge in [-0.25, -0.2) is 4.98 Å². The highest BCUT2D eigenvalue weighted by molar-refractivity contribution is 5.99. The normalized spacial score (nSPS) is 12.6. The van der Waals surface area contributed by atoms with Crippen molar-refractivity contribution in [3.8, 4) is 0 Å². The number of carbonyl (C=O) groups excluding carboxylic acids is 1. The zero-order valence-corrected chi connectivity index (χ0v) is 11.4. The molecular formula is C13H22N4O. The first kappa shape index (κ1) is 14.4. The molecule has 5 nitrogen and oxygen atoms in total. The molecule has 1 aromatic rings. The summed E-state index contributed by atoms with van der Waals surface area (Å²) < 4.78 is 0. The van der Waals surface area contributed by atoms with Gasteiger partial charge in [-0.15, -0.1) is 0 Å². The number of hydrogen-bond acceptors (Lipinski definition) is 4. The maximum atomic E-state index is 11.4. The van der Waals surface area contributed by atoms with Crippen LogP contribution in [0.25, 0.3) is 0 Å². The predicted molar refractivity (Wildman–Crippen MR) is 73.5 cm³/mol. The van der Waals surface area contributed by atoms with Crippen molar-refractivity contribution in [1.29, 1.82) is 0 Å². The molecule has 0 aliphatic rings. The van der Waals surface area contributed by atoms with Gasteiger partial charge in [0.1, 0.15) is 5.82 Å². The van der Waals surface area contributed by atoms with Crippen LogP contribution in [0.15, 0.2) is 6.07 Å². The van der Waals surface area contributed by atoms with Crippen LogP contribution in [0.1, 0.15) is 35.5 Å². The lowest BCUT2D eigenvalue weighted by Crippen LogP contribution is -2.34. The molecule has 0 aliphatic carbocycles. The molecule has 1 rings (SSSR count). The maximum Gasteiger partial charge on any atom is 0.252 e. The zero-order valence-electron chi connectivity index (χ0n) is 11.4. The van der Waals surface area contributed by atoms with E-state index < -0.39 is 5.91 Å². The highest BCUT2D eigenvalue weighted by Gasteiger charge is 2.15. The van der Waals surface area contributed by atoms with Gasteiger partial charge in [-0.05, 0) is 31.4 Å². The minimum Gasteiger partial charge on any atom is -0.368 e. The van der Waals surface area contributed by atoms with E-state index in [2.05, 4.69) is 24.1 Å². The molecule has 0 fully saturated rings. The summed E-state index contributed by atoms with van der Waals surface area (Å²) in [4.78, 5) is 15.8. The quantitative estimate of drug-likeness (QED) is 0.731. The molecule has 0 spiro atoms. The third kappa shape index (κ3) is 3.43. The van der Waals surface area contributed by atoms with Crippen molar-refractivity contribution in [2.24, 2.45) is 17.4 Å². The molecule has 100 valence electrons. The molecule has 1 amide bonds. The van der Waals surface area contributed by atoms with E-state index in [4.69, 9.17) is 11.5 Å². The SMILES string of the molecule is Cc1cc(C)c(C(N)=O)c(NCC(N)C(C)C)n1. The van der Waals surface area contributed by atoms with E-state index in [1.54, 1.807) is 0 Å². The number of nitrogens with one attached hydrogen (secondary N) is 1. The van der Waals surface area contributed by atoms with Crippen LogP contribution in [0.4, 0.5) is 5.82 Å². The van der Waals surface area contributed by atoms with Crippen LogP contribution < -0.4 is 16.8 Å². The summed E-state index contributed by atoms with van der Waals surface area (Å²) in [5, 5.41) is 3.12. The Morgan fingerprint density at radius 3 is 2.56 bits per heavy atom. The fourth-order valence-corrected chi connectivity index (χ4v) is 1.73. The van der Waals surface area contributed by atoms with Crippen molar-refractivity contribution in [2.45, 2.75) is 33.7 Å². The van der Waals surface area contributed by atoms with Crippen LogP contribution in [0.5, 0.6) is 0 Å². The topological polar surface area (TPSA) is 94.0 Å². The minimum absolute atomic E-state index is 0.00773. The molecule has 5 N–H and O–H groups in total. The number of nitrogens with zero attached hydrogens (tertiary/aromatic N) is 1. The molecule has 1 aromatic heterocycles. The average molecular weight is 250 g/mol. The minimum atomic E-state index is -0.472. The second kappa shape index (κ2) is 5.82. The van der Waals surface area contributed by atoms with E-state index >= 15 is 0 Å². The van der Waals surface area contributed by atoms with E-state index in [1.807, 2.05) is 19.9 Å². The first-order valence-electron chi connectivity index (χ1n) is 6.10. The number of carbonyl (C=O) groups is 1. The standard InChI is InChI=1S/C13H22N4O/c1-7(2)10(14)6-16-13-11(12(15)18)8(3)5-9(4)17-13/h5,7,10H,6,14H2,1-4H3,(H2,15,18)(H,16,17). The van der Waals surface area contributed by atoms with Crippen molar-refractivity contribution in [3.63, 3.8) is 0 Å². The van der Waals surface area contributed by atoms with E-state index in [0.29, 0.717) is 23.8 Å². The van der Waals surface area contributed by atoms with Gasteiger partial charge in [-0.2, -0.15) is 0 Å². The molecule has 0 radical (unpaired) electrons. The molecule has 0 saturated heterocycles. The third-order valence-corrected chi connectivity index (χ3v) is 2.95. The molecule has 18 heavy (non-hydrogen) atoms. The fraction of sp³-hybridized carbons (Fsp3) is 0.538. The van der Waals surface area contributed by atoms with Gasteiger partial charge in [0.05, 0.1) is 5.56 Å². The lowest BCUT2D eigenvalue weighted by Gasteiger charge is -2.18. The van der Waals surface area contributed by atoms with Crippen molar-refractivity contribution in [2.75, 3.05) is 11.9 Å². The number of nitrogens with two attached hydrogens (primary N) is 2. The van der Waals surface area contributed by atoms with Gasteiger partial charge in [-0.3, -0.25) is 4.79 Å². The van der Waals surface area contributed by atoms with Crippen LogP contribution in [0.3, 0.4) is 0 Å². The monoisotopic (exact) mass is 250 g/mol. The predicted octanol–water partition coefficient (Wildman–Crippen LogP) is 1.19. The van der Waals surface area contributed by atoms with Crippen molar-refractivity contribution < 1.29 is 4.79 Å². The Morgan fingerprint density at radius 1 is 1.44 bits per heavy atom. The Kier molecular flexibility index (Phi) is 4.67. The molecule has 0 bridgehead atoms. The number of aromatic nitrogens is 1. The van der Waals surface area contributed by atoms with E-state index in [1.165, 1.54) is 0 Å². The molecule has 0 aliphatic heterocycles. The number of aryl methyl sites for hydroxylation is 2. The number of anilines is 1. The van der Waals surface area contributed by atoms with Gasteiger partial charge in [0, 0.05) is 18.3 Å². The number of primary amides is 1. The zero-order chi connectivity index (χ0) is 13.9. The third-order valence-electron chi connectivity index (χ3n) is 2.95. The summed E-state index contributed by atoms with van der Waals surface area (Å²) in [5.41, 5.74) is 13.5. The average Bonchev–Trinajstić information content (AvgIpc) is 2.23. The summed E-state index contributed by atoms with van der Waals surface area (Å²) >= 11 is 0. The van der Waals surface area contributed by atoms with Gasteiger partial charge in [0.2, 0.25) is 0 Å². The second-order valence-electron chi connectivity index (χ2n) is 4.96. The second-order valence-corrected chi connectivity index (χ2v) is 4.96. The number of rotatable bonds is 5. The smallest absolute Gasteiger partial charge is 0.252 e. The summed E-state index contributed by atoms with van der Waals surface area (Å²) in [6.07, 6.45) is 0. The summed E-state index contributed by atoms with van der Waals surface area (Å²) in [6.45, 7) is 8.40. The highest BCUT2D eigenvalue weighted by atomic mass is 16.1. The van der Waals surface area contributed by atoms with Crippen LogP contribution in [-0.2, 0) is 0 Å². The Morgan fingerprint density at radius 2 is 2.06 bits per heavy atom. The van der Waals surface area contributed by atoms with E-state index in [9.17, 15) is 4.79 Å². The Labute approximate surface area is 108 Å². The summed E-state index contributed by atoms with van der Waals surface area (Å²) in [5.74, 6) is 0.414. The van der Waals surface area contributed by atoms with Gasteiger partial charge >= 0.3 is 0 Å². The Hall–Kier alpha value is -1.62. The van der Waals surface area contributed by atoms with Gasteiger partial charge in [-0.1, -0.05) is 13.8 Å². The molecule has 0 aromatic carbocycles. The van der Waals surface area contributed by atoms with Crippen molar-refractivity contribution >= 4 is 11.7 Å². The van der Waals surface area contributed by atoms with Gasteiger partial charge in [0.15, 0.2) is 0 Å². The molecular weight excluding hydrogens is 228 g/mol. The first-order chi connectivity index (χ1) is 8.32. The van der Waals surface area contributed by atoms with E-state index in [0.717, 1.165) is 11.3 Å². The lowest BCUT2D eigenvalue weighted by atomic mass is 10.1. The van der Waals surface area contributed by atoms with Gasteiger partial charge < -0.3 is 16.8 Å². The van der Waals surface area contributed by atoms with Crippen LogP contribution in [0, 0.1) is 19.8 Å². The molecule has 1 unspecified atom stereocenters. The summed E-state index contributed by atoms with van der Waals surface area (Å²) in [6, 6.07) is 1.85. The Balaban J connectivity index is 2.97. The summed E-state index contributed by atoms with van der Waals surface area (Å²) in [7, 11) is 0. The number of pyridine rings is 1. The van der Waals surface area contributed by atoms with Crippen LogP contribution in [-0.4, -0.2) is 23.5 Å². The lowest BCUT2D eigenvalue weighted by molar-refractivity contribution is 0.1000. The van der Waals surface area contributed by atoms with Crippen molar-refractivity contribution in [1.82, 2.24) is 4.98 Å². The molecule has 1 atom stereocenters. The highest BCUT2D eigenvalue weighted by Crippen LogP contribution is 2.18. The maximum absolute atomic E-state index is 11.4. The molecule has 0 saturated carbocycles. The van der Waals surface area contributed by atoms with Crippen LogP contribution >= 0.6 is 0 Å². The number of amides is 1. The molecule has 1 heterocycles. The molecule has 5 heteroatoms. The fourth-order valence-electron chi connectivity index (χ4n) is 1.73. The van der Waals surface area contributed by atoms with Gasteiger partial charge in [0.25, 0.3) is 5.91 Å². The largest absolute Gasteiger partial charge is 0.368 e.